The van der Waals surface area contributed by atoms with Crippen molar-refractivity contribution in [3.63, 3.8) is 0 Å². The van der Waals surface area contributed by atoms with Crippen molar-refractivity contribution in [3.05, 3.63) is 104 Å². The molecule has 0 saturated carbocycles. The number of anilines is 1. The van der Waals surface area contributed by atoms with Crippen LogP contribution in [0.3, 0.4) is 0 Å². The number of halogens is 1. The lowest BCUT2D eigenvalue weighted by Crippen LogP contribution is -2.29. The summed E-state index contributed by atoms with van der Waals surface area (Å²) in [6.07, 6.45) is 0. The van der Waals surface area contributed by atoms with Crippen molar-refractivity contribution >= 4 is 44.8 Å². The summed E-state index contributed by atoms with van der Waals surface area (Å²) >= 11 is 3.34. The maximum atomic E-state index is 13.2. The number of Topliss-reactive ketones (excluding diaryl/α,β-unsaturated/α-hetero) is 1. The zero-order valence-electron chi connectivity index (χ0n) is 18.0. The standard InChI is InChI=1S/C25H19BrN2O6/c1-2-34-18-13-7-15(8-14-18)23(29)21-22(19-5-3-4-6-20(19)28(32)33)27(25(31)24(21)30)17-11-9-16(26)10-12-17/h3-14,22,29H,2H2,1H3/b23-21-. The number of rotatable bonds is 6. The molecule has 0 aliphatic carbocycles. The molecule has 1 fully saturated rings. The van der Waals surface area contributed by atoms with Crippen LogP contribution in [0.25, 0.3) is 5.76 Å². The fourth-order valence-corrected chi connectivity index (χ4v) is 4.18. The zero-order chi connectivity index (χ0) is 24.4. The fourth-order valence-electron chi connectivity index (χ4n) is 3.91. The van der Waals surface area contributed by atoms with E-state index in [-0.39, 0.29) is 22.4 Å². The van der Waals surface area contributed by atoms with Gasteiger partial charge in [0, 0.05) is 21.8 Å². The summed E-state index contributed by atoms with van der Waals surface area (Å²) in [6.45, 7) is 2.30. The van der Waals surface area contributed by atoms with Gasteiger partial charge in [0.05, 0.1) is 22.7 Å². The number of ketones is 1. The highest BCUT2D eigenvalue weighted by Crippen LogP contribution is 2.44. The Bertz CT molecular complexity index is 1300. The molecule has 34 heavy (non-hydrogen) atoms. The number of ether oxygens (including phenoxy) is 1. The molecular formula is C25H19BrN2O6. The largest absolute Gasteiger partial charge is 0.507 e. The van der Waals surface area contributed by atoms with Crippen LogP contribution in [-0.4, -0.2) is 28.3 Å². The number of amides is 1. The topological polar surface area (TPSA) is 110 Å². The first-order valence-electron chi connectivity index (χ1n) is 10.4. The van der Waals surface area contributed by atoms with Crippen molar-refractivity contribution in [2.75, 3.05) is 11.5 Å². The first kappa shape index (κ1) is 23.2. The van der Waals surface area contributed by atoms with Gasteiger partial charge in [0.15, 0.2) is 0 Å². The predicted octanol–water partition coefficient (Wildman–Crippen LogP) is 5.38. The van der Waals surface area contributed by atoms with Crippen molar-refractivity contribution in [3.8, 4) is 5.75 Å². The number of nitro benzene ring substituents is 1. The van der Waals surface area contributed by atoms with Crippen molar-refractivity contribution in [2.24, 2.45) is 0 Å². The Morgan fingerprint density at radius 2 is 1.71 bits per heavy atom. The molecular weight excluding hydrogens is 504 g/mol. The Labute approximate surface area is 203 Å². The molecule has 1 saturated heterocycles. The van der Waals surface area contributed by atoms with Crippen LogP contribution in [0.15, 0.2) is 82.8 Å². The number of carbonyl (C=O) groups is 2. The summed E-state index contributed by atoms with van der Waals surface area (Å²) in [6, 6.07) is 17.7. The number of nitro groups is 1. The van der Waals surface area contributed by atoms with Gasteiger partial charge in [0.1, 0.15) is 17.6 Å². The van der Waals surface area contributed by atoms with Crippen molar-refractivity contribution < 1.29 is 24.4 Å². The average Bonchev–Trinajstić information content (AvgIpc) is 3.10. The molecule has 1 N–H and O–H groups in total. The van der Waals surface area contributed by atoms with Gasteiger partial charge in [0.25, 0.3) is 17.4 Å². The molecule has 0 radical (unpaired) electrons. The molecule has 1 heterocycles. The molecule has 1 aliphatic rings. The van der Waals surface area contributed by atoms with Gasteiger partial charge < -0.3 is 9.84 Å². The predicted molar refractivity (Wildman–Crippen MR) is 130 cm³/mol. The van der Waals surface area contributed by atoms with E-state index in [4.69, 9.17) is 4.74 Å². The number of carbonyl (C=O) groups excluding carboxylic acids is 2. The Morgan fingerprint density at radius 3 is 2.32 bits per heavy atom. The molecule has 0 spiro atoms. The van der Waals surface area contributed by atoms with Crippen LogP contribution >= 0.6 is 15.9 Å². The molecule has 4 rings (SSSR count). The summed E-state index contributed by atoms with van der Waals surface area (Å²) in [4.78, 5) is 38.8. The van der Waals surface area contributed by atoms with Crippen LogP contribution < -0.4 is 9.64 Å². The Morgan fingerprint density at radius 1 is 1.06 bits per heavy atom. The summed E-state index contributed by atoms with van der Waals surface area (Å²) in [5.74, 6) is -1.68. The molecule has 1 atom stereocenters. The second-order valence-corrected chi connectivity index (χ2v) is 8.33. The number of hydrogen-bond donors (Lipinski definition) is 1. The normalized spacial score (nSPS) is 17.1. The fraction of sp³-hybridized carbons (Fsp3) is 0.120. The van der Waals surface area contributed by atoms with Gasteiger partial charge in [-0.25, -0.2) is 0 Å². The lowest BCUT2D eigenvalue weighted by Gasteiger charge is -2.25. The van der Waals surface area contributed by atoms with Crippen LogP contribution in [0.4, 0.5) is 11.4 Å². The molecule has 0 bridgehead atoms. The number of para-hydroxylation sites is 1. The quantitative estimate of drug-likeness (QED) is 0.153. The number of benzene rings is 3. The first-order chi connectivity index (χ1) is 16.3. The highest BCUT2D eigenvalue weighted by atomic mass is 79.9. The second kappa shape index (κ2) is 9.48. The van der Waals surface area contributed by atoms with Gasteiger partial charge in [0.2, 0.25) is 0 Å². The molecule has 172 valence electrons. The van der Waals surface area contributed by atoms with Gasteiger partial charge in [-0.05, 0) is 61.5 Å². The Kier molecular flexibility index (Phi) is 6.47. The SMILES string of the molecule is CCOc1ccc(/C(O)=C2/C(=O)C(=O)N(c3ccc(Br)cc3)C2c2ccccc2[N+](=O)[O-])cc1. The minimum absolute atomic E-state index is 0.113. The van der Waals surface area contributed by atoms with E-state index < -0.39 is 28.4 Å². The van der Waals surface area contributed by atoms with E-state index in [1.165, 1.54) is 23.1 Å². The van der Waals surface area contributed by atoms with Crippen LogP contribution in [0, 0.1) is 10.1 Å². The lowest BCUT2D eigenvalue weighted by molar-refractivity contribution is -0.385. The molecule has 3 aromatic carbocycles. The first-order valence-corrected chi connectivity index (χ1v) is 11.2. The van der Waals surface area contributed by atoms with E-state index in [9.17, 15) is 24.8 Å². The molecule has 9 heteroatoms. The van der Waals surface area contributed by atoms with Gasteiger partial charge in [-0.15, -0.1) is 0 Å². The highest BCUT2D eigenvalue weighted by Gasteiger charge is 2.48. The van der Waals surface area contributed by atoms with Crippen LogP contribution in [0.5, 0.6) is 5.75 Å². The summed E-state index contributed by atoms with van der Waals surface area (Å²) in [5, 5.41) is 23.0. The van der Waals surface area contributed by atoms with Crippen LogP contribution in [-0.2, 0) is 9.59 Å². The molecule has 3 aromatic rings. The zero-order valence-corrected chi connectivity index (χ0v) is 19.6. The highest BCUT2D eigenvalue weighted by molar-refractivity contribution is 9.10. The van der Waals surface area contributed by atoms with E-state index in [0.717, 1.165) is 4.47 Å². The third-order valence-electron chi connectivity index (χ3n) is 5.42. The summed E-state index contributed by atoms with van der Waals surface area (Å²) in [5.41, 5.74) is 0.252. The maximum absolute atomic E-state index is 13.2. The molecule has 0 aromatic heterocycles. The molecule has 1 aliphatic heterocycles. The molecule has 1 unspecified atom stereocenters. The van der Waals surface area contributed by atoms with E-state index in [1.807, 2.05) is 6.92 Å². The number of nitrogens with zero attached hydrogens (tertiary/aromatic N) is 2. The lowest BCUT2D eigenvalue weighted by atomic mass is 9.94. The van der Waals surface area contributed by atoms with Crippen LogP contribution in [0.1, 0.15) is 24.1 Å². The second-order valence-electron chi connectivity index (χ2n) is 7.42. The van der Waals surface area contributed by atoms with E-state index >= 15 is 0 Å². The maximum Gasteiger partial charge on any atom is 0.300 e. The van der Waals surface area contributed by atoms with Gasteiger partial charge in [-0.3, -0.25) is 24.6 Å². The Hall–Kier alpha value is -3.98. The van der Waals surface area contributed by atoms with E-state index in [0.29, 0.717) is 18.0 Å². The number of hydrogen-bond acceptors (Lipinski definition) is 6. The number of aliphatic hydroxyl groups excluding tert-OH is 1. The summed E-state index contributed by atoms with van der Waals surface area (Å²) < 4.78 is 6.17. The average molecular weight is 523 g/mol. The molecule has 1 amide bonds. The Balaban J connectivity index is 1.95. The van der Waals surface area contributed by atoms with Gasteiger partial charge >= 0.3 is 0 Å². The third kappa shape index (κ3) is 4.17. The van der Waals surface area contributed by atoms with E-state index in [1.54, 1.807) is 54.6 Å². The smallest absolute Gasteiger partial charge is 0.300 e. The van der Waals surface area contributed by atoms with Gasteiger partial charge in [-0.1, -0.05) is 28.1 Å². The van der Waals surface area contributed by atoms with Crippen molar-refractivity contribution in [1.29, 1.82) is 0 Å². The minimum atomic E-state index is -1.20. The van der Waals surface area contributed by atoms with Crippen molar-refractivity contribution in [1.82, 2.24) is 0 Å². The van der Waals surface area contributed by atoms with Crippen molar-refractivity contribution in [2.45, 2.75) is 13.0 Å². The van der Waals surface area contributed by atoms with Crippen LogP contribution in [0.2, 0.25) is 0 Å². The van der Waals surface area contributed by atoms with Gasteiger partial charge in [-0.2, -0.15) is 0 Å². The molecule has 8 nitrogen and oxygen atoms in total. The number of aliphatic hydroxyl groups is 1. The monoisotopic (exact) mass is 522 g/mol. The third-order valence-corrected chi connectivity index (χ3v) is 5.94. The summed E-state index contributed by atoms with van der Waals surface area (Å²) in [7, 11) is 0. The van der Waals surface area contributed by atoms with E-state index in [2.05, 4.69) is 15.9 Å². The minimum Gasteiger partial charge on any atom is -0.507 e.